The highest BCUT2D eigenvalue weighted by Gasteiger charge is 2.15. The van der Waals surface area contributed by atoms with Crippen LogP contribution in [0.15, 0.2) is 70.9 Å². The molecule has 3 aromatic rings. The maximum absolute atomic E-state index is 12.4. The van der Waals surface area contributed by atoms with E-state index in [-0.39, 0.29) is 16.7 Å². The quantitative estimate of drug-likeness (QED) is 0.635. The molecule has 0 bridgehead atoms. The summed E-state index contributed by atoms with van der Waals surface area (Å²) in [5.74, 6) is 0.985. The van der Waals surface area contributed by atoms with E-state index < -0.39 is 10.0 Å². The molecule has 0 radical (unpaired) electrons. The van der Waals surface area contributed by atoms with Gasteiger partial charge in [0.15, 0.2) is 0 Å². The minimum atomic E-state index is -3.46. The summed E-state index contributed by atoms with van der Waals surface area (Å²) in [6.07, 6.45) is 0. The molecule has 1 amide bonds. The highest BCUT2D eigenvalue weighted by Crippen LogP contribution is 2.23. The van der Waals surface area contributed by atoms with Crippen LogP contribution in [0.25, 0.3) is 0 Å². The van der Waals surface area contributed by atoms with Crippen molar-refractivity contribution in [2.75, 3.05) is 7.05 Å². The summed E-state index contributed by atoms with van der Waals surface area (Å²) >= 11 is 1.12. The Morgan fingerprint density at radius 3 is 2.48 bits per heavy atom. The van der Waals surface area contributed by atoms with Crippen molar-refractivity contribution in [3.63, 3.8) is 0 Å². The van der Waals surface area contributed by atoms with E-state index in [0.717, 1.165) is 16.2 Å². The van der Waals surface area contributed by atoms with Crippen molar-refractivity contribution in [3.05, 3.63) is 77.2 Å². The third-order valence-electron chi connectivity index (χ3n) is 3.67. The van der Waals surface area contributed by atoms with Crippen molar-refractivity contribution in [1.29, 1.82) is 0 Å². The molecule has 1 aromatic heterocycles. The summed E-state index contributed by atoms with van der Waals surface area (Å²) in [6.45, 7) is 0.243. The minimum Gasteiger partial charge on any atom is -0.457 e. The van der Waals surface area contributed by atoms with E-state index in [4.69, 9.17) is 4.74 Å². The van der Waals surface area contributed by atoms with Crippen LogP contribution < -0.4 is 14.8 Å². The molecule has 1 heterocycles. The second-order valence-corrected chi connectivity index (χ2v) is 8.84. The predicted molar refractivity (Wildman–Crippen MR) is 105 cm³/mol. The summed E-state index contributed by atoms with van der Waals surface area (Å²) in [5.41, 5.74) is 0.461. The van der Waals surface area contributed by atoms with Crippen LogP contribution in [-0.4, -0.2) is 21.4 Å². The standard InChI is InChI=1S/C19H18N2O4S2/c1-20-27(23,24)18-11-10-17(26-18)13-21-19(22)14-6-5-9-16(12-14)25-15-7-3-2-4-8-15/h2-12,20H,13H2,1H3,(H,21,22). The molecule has 0 aliphatic rings. The average Bonchev–Trinajstić information content (AvgIpc) is 3.17. The molecule has 27 heavy (non-hydrogen) atoms. The summed E-state index contributed by atoms with van der Waals surface area (Å²) in [6, 6.07) is 19.4. The first-order valence-corrected chi connectivity index (χ1v) is 10.4. The molecule has 0 saturated carbocycles. The number of benzene rings is 2. The molecular weight excluding hydrogens is 384 g/mol. The molecule has 2 N–H and O–H groups in total. The van der Waals surface area contributed by atoms with Crippen LogP contribution in [0.4, 0.5) is 0 Å². The van der Waals surface area contributed by atoms with Crippen molar-refractivity contribution < 1.29 is 17.9 Å². The molecule has 0 unspecified atom stereocenters. The molecule has 0 spiro atoms. The minimum absolute atomic E-state index is 0.215. The lowest BCUT2D eigenvalue weighted by Gasteiger charge is -2.08. The maximum atomic E-state index is 12.4. The number of hydrogen-bond acceptors (Lipinski definition) is 5. The van der Waals surface area contributed by atoms with E-state index in [1.54, 1.807) is 30.3 Å². The van der Waals surface area contributed by atoms with Crippen molar-refractivity contribution >= 4 is 27.3 Å². The van der Waals surface area contributed by atoms with Gasteiger partial charge >= 0.3 is 0 Å². The topological polar surface area (TPSA) is 84.5 Å². The molecule has 0 aliphatic heterocycles. The molecule has 0 atom stereocenters. The van der Waals surface area contributed by atoms with Crippen LogP contribution in [-0.2, 0) is 16.6 Å². The van der Waals surface area contributed by atoms with Gasteiger partial charge in [-0.2, -0.15) is 0 Å². The molecule has 8 heteroatoms. The molecular formula is C19H18N2O4S2. The zero-order valence-corrected chi connectivity index (χ0v) is 16.1. The lowest BCUT2D eigenvalue weighted by Crippen LogP contribution is -2.22. The van der Waals surface area contributed by atoms with Crippen molar-refractivity contribution in [2.45, 2.75) is 10.8 Å². The molecule has 6 nitrogen and oxygen atoms in total. The highest BCUT2D eigenvalue weighted by atomic mass is 32.2. The first kappa shape index (κ1) is 19.1. The van der Waals surface area contributed by atoms with Gasteiger partial charge in [0.2, 0.25) is 10.0 Å². The molecule has 0 saturated heterocycles. The summed E-state index contributed by atoms with van der Waals surface area (Å²) < 4.78 is 31.7. The third kappa shape index (κ3) is 4.94. The van der Waals surface area contributed by atoms with Crippen LogP contribution in [0.5, 0.6) is 11.5 Å². The number of hydrogen-bond donors (Lipinski definition) is 2. The fourth-order valence-electron chi connectivity index (χ4n) is 2.29. The van der Waals surface area contributed by atoms with E-state index in [1.807, 2.05) is 30.3 Å². The summed E-state index contributed by atoms with van der Waals surface area (Å²) in [5, 5.41) is 2.79. The Bertz CT molecular complexity index is 1030. The highest BCUT2D eigenvalue weighted by molar-refractivity contribution is 7.91. The Morgan fingerprint density at radius 1 is 1.00 bits per heavy atom. The summed E-state index contributed by atoms with van der Waals surface area (Å²) in [4.78, 5) is 13.1. The number of carbonyl (C=O) groups excluding carboxylic acids is 1. The monoisotopic (exact) mass is 402 g/mol. The maximum Gasteiger partial charge on any atom is 0.251 e. The Labute approximate surface area is 161 Å². The Balaban J connectivity index is 1.64. The number of sulfonamides is 1. The van der Waals surface area contributed by atoms with Gasteiger partial charge in [0.25, 0.3) is 5.91 Å². The number of rotatable bonds is 7. The van der Waals surface area contributed by atoms with Gasteiger partial charge in [0, 0.05) is 10.4 Å². The second-order valence-electron chi connectivity index (χ2n) is 5.55. The summed E-state index contributed by atoms with van der Waals surface area (Å²) in [7, 11) is -2.10. The zero-order valence-electron chi connectivity index (χ0n) is 14.5. The normalized spacial score (nSPS) is 11.1. The molecule has 2 aromatic carbocycles. The fourth-order valence-corrected chi connectivity index (χ4v) is 4.43. The first-order chi connectivity index (χ1) is 13.0. The SMILES string of the molecule is CNS(=O)(=O)c1ccc(CNC(=O)c2cccc(Oc3ccccc3)c2)s1. The van der Waals surface area contributed by atoms with E-state index in [2.05, 4.69) is 10.0 Å². The van der Waals surface area contributed by atoms with Crippen molar-refractivity contribution in [1.82, 2.24) is 10.0 Å². The number of carbonyl (C=O) groups is 1. The van der Waals surface area contributed by atoms with Gasteiger partial charge in [0.05, 0.1) is 6.54 Å². The van der Waals surface area contributed by atoms with Crippen LogP contribution in [0, 0.1) is 0 Å². The zero-order chi connectivity index (χ0) is 19.3. The largest absolute Gasteiger partial charge is 0.457 e. The van der Waals surface area contributed by atoms with E-state index in [0.29, 0.717) is 17.1 Å². The van der Waals surface area contributed by atoms with Gasteiger partial charge in [-0.1, -0.05) is 24.3 Å². The Morgan fingerprint density at radius 2 is 1.74 bits per heavy atom. The van der Waals surface area contributed by atoms with Gasteiger partial charge in [-0.15, -0.1) is 11.3 Å². The fraction of sp³-hybridized carbons (Fsp3) is 0.105. The number of ether oxygens (including phenoxy) is 1. The molecule has 0 aliphatic carbocycles. The number of amides is 1. The number of para-hydroxylation sites is 1. The lowest BCUT2D eigenvalue weighted by atomic mass is 10.2. The van der Waals surface area contributed by atoms with Crippen LogP contribution in [0.2, 0.25) is 0 Å². The van der Waals surface area contributed by atoms with Crippen LogP contribution >= 0.6 is 11.3 Å². The van der Waals surface area contributed by atoms with Gasteiger partial charge in [0.1, 0.15) is 15.7 Å². The van der Waals surface area contributed by atoms with E-state index in [1.165, 1.54) is 13.1 Å². The Kier molecular flexibility index (Phi) is 5.90. The van der Waals surface area contributed by atoms with E-state index >= 15 is 0 Å². The Hall–Kier alpha value is -2.68. The molecule has 0 fully saturated rings. The van der Waals surface area contributed by atoms with Crippen LogP contribution in [0.1, 0.15) is 15.2 Å². The van der Waals surface area contributed by atoms with Gasteiger partial charge in [-0.3, -0.25) is 4.79 Å². The molecule has 140 valence electrons. The van der Waals surface area contributed by atoms with Crippen molar-refractivity contribution in [2.24, 2.45) is 0 Å². The van der Waals surface area contributed by atoms with Crippen LogP contribution in [0.3, 0.4) is 0 Å². The van der Waals surface area contributed by atoms with E-state index in [9.17, 15) is 13.2 Å². The predicted octanol–water partition coefficient (Wildman–Crippen LogP) is 3.38. The third-order valence-corrected chi connectivity index (χ3v) is 6.66. The second kappa shape index (κ2) is 8.34. The van der Waals surface area contributed by atoms with Gasteiger partial charge in [-0.05, 0) is 49.5 Å². The number of nitrogens with one attached hydrogen (secondary N) is 2. The number of thiophene rings is 1. The lowest BCUT2D eigenvalue weighted by molar-refractivity contribution is 0.0951. The smallest absolute Gasteiger partial charge is 0.251 e. The van der Waals surface area contributed by atoms with Gasteiger partial charge in [-0.25, -0.2) is 13.1 Å². The first-order valence-electron chi connectivity index (χ1n) is 8.11. The van der Waals surface area contributed by atoms with Gasteiger partial charge < -0.3 is 10.1 Å². The van der Waals surface area contributed by atoms with Crippen molar-refractivity contribution in [3.8, 4) is 11.5 Å². The molecule has 3 rings (SSSR count). The average molecular weight is 402 g/mol.